The van der Waals surface area contributed by atoms with Crippen LogP contribution in [0.25, 0.3) is 0 Å². The van der Waals surface area contributed by atoms with Crippen molar-refractivity contribution < 1.29 is 4.52 Å². The van der Waals surface area contributed by atoms with Crippen LogP contribution in [0.5, 0.6) is 0 Å². The normalized spacial score (nSPS) is 8.67. The first-order valence-electron chi connectivity index (χ1n) is 1.39. The monoisotopic (exact) mass is 86.0 g/mol. The molecule has 0 saturated heterocycles. The first-order chi connectivity index (χ1) is 2.89. The number of aromatic amines is 1. The van der Waals surface area contributed by atoms with Gasteiger partial charge in [0.15, 0.2) is 0 Å². The Morgan fingerprint density at radius 1 is 2.00 bits per heavy atom. The van der Waals surface area contributed by atoms with E-state index in [0.717, 1.165) is 0 Å². The number of nitrogens with one attached hydrogen (secondary N) is 1. The Kier molecular flexibility index (Phi) is 0.506. The Balaban J connectivity index is 3.41. The van der Waals surface area contributed by atoms with Crippen molar-refractivity contribution in [2.75, 3.05) is 0 Å². The molecule has 0 aliphatic carbocycles. The van der Waals surface area contributed by atoms with Gasteiger partial charge in [-0.05, 0) is 0 Å². The van der Waals surface area contributed by atoms with Crippen LogP contribution in [0.4, 0.5) is 0 Å². The lowest BCUT2D eigenvalue weighted by atomic mass is 11.3. The summed E-state index contributed by atoms with van der Waals surface area (Å²) in [7, 11) is 0. The molecule has 1 rings (SSSR count). The Morgan fingerprint density at radius 3 is 3.00 bits per heavy atom. The molecule has 0 spiro atoms. The van der Waals surface area contributed by atoms with E-state index in [4.69, 9.17) is 0 Å². The molecule has 1 aromatic rings. The summed E-state index contributed by atoms with van der Waals surface area (Å²) in [5, 5.41) is 3.08. The molecular weight excluding hydrogens is 84.0 g/mol. The molecule has 0 bridgehead atoms. The van der Waals surface area contributed by atoms with E-state index in [0.29, 0.717) is 0 Å². The fraction of sp³-hybridized carbons (Fsp3) is 0. The summed E-state index contributed by atoms with van der Waals surface area (Å²) in [6.07, 6.45) is 1.18. The van der Waals surface area contributed by atoms with Crippen molar-refractivity contribution in [2.24, 2.45) is 0 Å². The van der Waals surface area contributed by atoms with E-state index in [1.807, 2.05) is 0 Å². The molecule has 0 radical (unpaired) electrons. The molecular formula is C2H2N2O2. The molecule has 1 N–H and O–H groups in total. The molecule has 0 amide bonds. The van der Waals surface area contributed by atoms with Gasteiger partial charge in [0.05, 0.1) is 0 Å². The Labute approximate surface area is 32.8 Å². The van der Waals surface area contributed by atoms with Crippen molar-refractivity contribution in [3.05, 3.63) is 16.9 Å². The molecule has 0 aromatic carbocycles. The summed E-state index contributed by atoms with van der Waals surface area (Å²) >= 11 is 0. The largest absolute Gasteiger partial charge is 0.438 e. The third-order valence-corrected chi connectivity index (χ3v) is 0.371. The Bertz CT molecular complexity index is 147. The SMILES string of the molecule is O=c1[nH]cno1. The van der Waals surface area contributed by atoms with Crippen LogP contribution >= 0.6 is 0 Å². The lowest BCUT2D eigenvalue weighted by molar-refractivity contribution is 0.386. The van der Waals surface area contributed by atoms with Crippen LogP contribution in [0.3, 0.4) is 0 Å². The van der Waals surface area contributed by atoms with Crippen LogP contribution in [-0.2, 0) is 0 Å². The summed E-state index contributed by atoms with van der Waals surface area (Å²) in [5.41, 5.74) is 0. The number of hydrogen-bond donors (Lipinski definition) is 1. The lowest BCUT2D eigenvalue weighted by Gasteiger charge is -1.47. The maximum absolute atomic E-state index is 9.78. The second-order valence-electron chi connectivity index (χ2n) is 0.758. The van der Waals surface area contributed by atoms with Crippen molar-refractivity contribution in [3.63, 3.8) is 0 Å². The molecule has 0 aliphatic heterocycles. The first-order valence-corrected chi connectivity index (χ1v) is 1.39. The van der Waals surface area contributed by atoms with E-state index in [1.54, 1.807) is 0 Å². The van der Waals surface area contributed by atoms with Crippen molar-refractivity contribution in [1.82, 2.24) is 10.1 Å². The highest BCUT2D eigenvalue weighted by Crippen LogP contribution is 1.51. The standard InChI is InChI=1S/C2H2N2O2/c5-2-3-1-4-6-2/h1H,(H,3,4,5). The molecule has 6 heavy (non-hydrogen) atoms. The van der Waals surface area contributed by atoms with E-state index >= 15 is 0 Å². The van der Waals surface area contributed by atoms with Gasteiger partial charge in [0.25, 0.3) is 0 Å². The number of rotatable bonds is 0. The van der Waals surface area contributed by atoms with Gasteiger partial charge in [0.1, 0.15) is 6.33 Å². The maximum atomic E-state index is 9.78. The fourth-order valence-electron chi connectivity index (χ4n) is 0.180. The second-order valence-corrected chi connectivity index (χ2v) is 0.758. The van der Waals surface area contributed by atoms with Gasteiger partial charge in [-0.1, -0.05) is 5.16 Å². The number of aromatic nitrogens is 2. The van der Waals surface area contributed by atoms with E-state index in [1.165, 1.54) is 6.33 Å². The average molecular weight is 86.0 g/mol. The third kappa shape index (κ3) is 0.314. The van der Waals surface area contributed by atoms with E-state index in [9.17, 15) is 4.79 Å². The molecule has 32 valence electrons. The highest BCUT2D eigenvalue weighted by atomic mass is 16.5. The van der Waals surface area contributed by atoms with Crippen LogP contribution in [-0.4, -0.2) is 10.1 Å². The van der Waals surface area contributed by atoms with E-state index < -0.39 is 5.76 Å². The molecule has 1 aromatic heterocycles. The summed E-state index contributed by atoms with van der Waals surface area (Å²) in [6.45, 7) is 0. The van der Waals surface area contributed by atoms with Crippen molar-refractivity contribution >= 4 is 0 Å². The minimum Gasteiger partial charge on any atom is -0.296 e. The molecule has 4 heteroatoms. The van der Waals surface area contributed by atoms with Crippen molar-refractivity contribution in [3.8, 4) is 0 Å². The van der Waals surface area contributed by atoms with Gasteiger partial charge in [-0.2, -0.15) is 0 Å². The highest BCUT2D eigenvalue weighted by molar-refractivity contribution is 4.41. The van der Waals surface area contributed by atoms with Crippen LogP contribution in [0.2, 0.25) is 0 Å². The zero-order valence-electron chi connectivity index (χ0n) is 2.84. The quantitative estimate of drug-likeness (QED) is 0.457. The third-order valence-electron chi connectivity index (χ3n) is 0.371. The van der Waals surface area contributed by atoms with Crippen LogP contribution in [0.15, 0.2) is 15.6 Å². The number of nitrogens with zero attached hydrogens (tertiary/aromatic N) is 1. The van der Waals surface area contributed by atoms with Crippen LogP contribution in [0, 0.1) is 0 Å². The summed E-state index contributed by atoms with van der Waals surface area (Å²) in [6, 6.07) is 0. The van der Waals surface area contributed by atoms with Gasteiger partial charge in [-0.25, -0.2) is 4.79 Å². The molecule has 1 heterocycles. The smallest absolute Gasteiger partial charge is 0.296 e. The topological polar surface area (TPSA) is 58.9 Å². The molecule has 0 atom stereocenters. The minimum absolute atomic E-state index is 0.519. The molecule has 4 nitrogen and oxygen atoms in total. The molecule has 0 fully saturated rings. The van der Waals surface area contributed by atoms with Crippen LogP contribution in [0.1, 0.15) is 0 Å². The van der Waals surface area contributed by atoms with E-state index in [-0.39, 0.29) is 0 Å². The molecule has 0 unspecified atom stereocenters. The number of hydrogen-bond acceptors (Lipinski definition) is 3. The van der Waals surface area contributed by atoms with Crippen molar-refractivity contribution in [2.45, 2.75) is 0 Å². The highest BCUT2D eigenvalue weighted by Gasteiger charge is 1.74. The van der Waals surface area contributed by atoms with Crippen molar-refractivity contribution in [1.29, 1.82) is 0 Å². The number of H-pyrrole nitrogens is 1. The Morgan fingerprint density at radius 2 is 2.83 bits per heavy atom. The van der Waals surface area contributed by atoms with Gasteiger partial charge in [-0.15, -0.1) is 0 Å². The van der Waals surface area contributed by atoms with Gasteiger partial charge in [0.2, 0.25) is 0 Å². The second kappa shape index (κ2) is 0.965. The summed E-state index contributed by atoms with van der Waals surface area (Å²) in [5.74, 6) is -0.519. The Hall–Kier alpha value is -1.06. The van der Waals surface area contributed by atoms with Gasteiger partial charge in [0, 0.05) is 0 Å². The maximum Gasteiger partial charge on any atom is 0.438 e. The zero-order valence-corrected chi connectivity index (χ0v) is 2.84. The minimum atomic E-state index is -0.519. The van der Waals surface area contributed by atoms with Crippen LogP contribution < -0.4 is 5.76 Å². The van der Waals surface area contributed by atoms with Gasteiger partial charge < -0.3 is 0 Å². The molecule has 0 aliphatic rings. The van der Waals surface area contributed by atoms with E-state index in [2.05, 4.69) is 14.7 Å². The predicted molar refractivity (Wildman–Crippen MR) is 17.1 cm³/mol. The van der Waals surface area contributed by atoms with Gasteiger partial charge >= 0.3 is 5.76 Å². The fourth-order valence-corrected chi connectivity index (χ4v) is 0.180. The predicted octanol–water partition coefficient (Wildman–Crippen LogP) is -0.637. The lowest BCUT2D eigenvalue weighted by Crippen LogP contribution is -1.92. The zero-order chi connectivity index (χ0) is 4.41. The first kappa shape index (κ1) is 3.14. The van der Waals surface area contributed by atoms with Gasteiger partial charge in [-0.3, -0.25) is 9.51 Å². The average Bonchev–Trinajstić information content (AvgIpc) is 1.86. The summed E-state index contributed by atoms with van der Waals surface area (Å²) in [4.78, 5) is 12.0. The summed E-state index contributed by atoms with van der Waals surface area (Å²) < 4.78 is 3.97. The molecule has 0 saturated carbocycles.